The van der Waals surface area contributed by atoms with Gasteiger partial charge >= 0.3 is 5.97 Å². The van der Waals surface area contributed by atoms with Crippen LogP contribution in [0.5, 0.6) is 0 Å². The maximum Gasteiger partial charge on any atom is 0.311 e. The van der Waals surface area contributed by atoms with Gasteiger partial charge in [-0.15, -0.1) is 24.9 Å². The van der Waals surface area contributed by atoms with Crippen molar-refractivity contribution in [3.63, 3.8) is 0 Å². The Labute approximate surface area is 233 Å². The van der Waals surface area contributed by atoms with Crippen molar-refractivity contribution in [1.82, 2.24) is 9.80 Å². The van der Waals surface area contributed by atoms with Gasteiger partial charge in [-0.25, -0.2) is 0 Å². The Balaban J connectivity index is 2.00. The van der Waals surface area contributed by atoms with Gasteiger partial charge in [0.05, 0.1) is 35.8 Å². The summed E-state index contributed by atoms with van der Waals surface area (Å²) in [6.45, 7) is 17.0. The molecule has 0 aromatic heterocycles. The van der Waals surface area contributed by atoms with Crippen LogP contribution in [0.3, 0.4) is 0 Å². The number of nitrogens with zero attached hydrogens (tertiary/aromatic N) is 2. The number of aliphatic hydroxyl groups excluding tert-OH is 1. The first kappa shape index (κ1) is 30.7. The minimum atomic E-state index is -0.718. The Morgan fingerprint density at radius 3 is 2.58 bits per heavy atom. The molecule has 0 aliphatic carbocycles. The number of aliphatic hydroxyl groups is 1. The van der Waals surface area contributed by atoms with E-state index >= 15 is 0 Å². The van der Waals surface area contributed by atoms with Crippen LogP contribution in [0.4, 0.5) is 0 Å². The lowest BCUT2D eigenvalue weighted by molar-refractivity contribution is -0.156. The number of hydrogen-bond donors (Lipinski definition) is 1. The van der Waals surface area contributed by atoms with Crippen molar-refractivity contribution >= 4 is 29.5 Å². The topological polar surface area (TPSA) is 87.1 Å². The average Bonchev–Trinajstić information content (AvgIpc) is 3.45. The summed E-state index contributed by atoms with van der Waals surface area (Å²) in [5.74, 6) is -1.59. The zero-order chi connectivity index (χ0) is 28.1. The van der Waals surface area contributed by atoms with Gasteiger partial charge in [0, 0.05) is 17.8 Å². The van der Waals surface area contributed by atoms with Crippen molar-refractivity contribution in [1.29, 1.82) is 0 Å². The molecule has 1 spiro atoms. The molecule has 0 radical (unpaired) electrons. The highest BCUT2D eigenvalue weighted by atomic mass is 32.2. The molecule has 2 unspecified atom stereocenters. The van der Waals surface area contributed by atoms with E-state index in [4.69, 9.17) is 4.74 Å². The van der Waals surface area contributed by atoms with Crippen molar-refractivity contribution in [2.75, 3.05) is 26.3 Å². The van der Waals surface area contributed by atoms with Gasteiger partial charge in [0.1, 0.15) is 6.04 Å². The summed E-state index contributed by atoms with van der Waals surface area (Å²) in [4.78, 5) is 45.7. The standard InChI is InChI=1S/C30H48N2O5S/c1-7-10-12-13-18-37-28(36)24-23-26(34)32(22(20-33)19-21(4)5)25(30(23)15-14-29(24,6)38-30)27(35)31(16-9-3)17-11-8-2/h7,9,21-25,33H,1,3,8,10-20H2,2,4-6H3/t22-,23+,24-,25?,29+,30?/m1/s1. The normalized spacial score (nSPS) is 30.4. The van der Waals surface area contributed by atoms with Crippen LogP contribution in [-0.2, 0) is 19.1 Å². The Kier molecular flexibility index (Phi) is 10.5. The highest BCUT2D eigenvalue weighted by Gasteiger charge is 2.78. The fourth-order valence-electron chi connectivity index (χ4n) is 6.84. The molecule has 0 aromatic rings. The largest absolute Gasteiger partial charge is 0.465 e. The van der Waals surface area contributed by atoms with Crippen LogP contribution in [0.15, 0.2) is 25.3 Å². The minimum absolute atomic E-state index is 0.0911. The Hall–Kier alpha value is -1.80. The number of carbonyl (C=O) groups excluding carboxylic acids is 3. The predicted octanol–water partition coefficient (Wildman–Crippen LogP) is 4.59. The van der Waals surface area contributed by atoms with Crippen LogP contribution in [0.1, 0.15) is 79.1 Å². The Morgan fingerprint density at radius 2 is 1.97 bits per heavy atom. The molecule has 3 rings (SSSR count). The molecule has 0 aromatic carbocycles. The fraction of sp³-hybridized carbons (Fsp3) is 0.767. The maximum atomic E-state index is 14.3. The van der Waals surface area contributed by atoms with Gasteiger partial charge in [0.2, 0.25) is 11.8 Å². The molecule has 2 bridgehead atoms. The van der Waals surface area contributed by atoms with E-state index < -0.39 is 33.4 Å². The SMILES string of the molecule is C=CCCCCOC(=O)[C@H]1[C@H]2C(=O)N([C@@H](CO)CC(C)C)C(C(=O)N(CC=C)CCCC)C23CC[C@]1(C)S3. The fourth-order valence-corrected chi connectivity index (χ4v) is 9.16. The number of ether oxygens (including phenoxy) is 1. The average molecular weight is 549 g/mol. The van der Waals surface area contributed by atoms with Crippen LogP contribution < -0.4 is 0 Å². The lowest BCUT2D eigenvalue weighted by Crippen LogP contribution is -2.57. The lowest BCUT2D eigenvalue weighted by atomic mass is 9.66. The molecule has 1 N–H and O–H groups in total. The van der Waals surface area contributed by atoms with Crippen LogP contribution >= 0.6 is 11.8 Å². The Morgan fingerprint density at radius 1 is 1.24 bits per heavy atom. The molecule has 7 nitrogen and oxygen atoms in total. The number of esters is 1. The molecule has 6 atom stereocenters. The number of likely N-dealkylation sites (tertiary alicyclic amines) is 1. The molecule has 3 aliphatic heterocycles. The number of hydrogen-bond acceptors (Lipinski definition) is 6. The third kappa shape index (κ3) is 5.72. The van der Waals surface area contributed by atoms with E-state index in [1.54, 1.807) is 22.7 Å². The Bertz CT molecular complexity index is 894. The number of fused-ring (bicyclic) bond motifs is 1. The van der Waals surface area contributed by atoms with Crippen LogP contribution in [-0.4, -0.2) is 80.6 Å². The van der Waals surface area contributed by atoms with E-state index in [0.717, 1.165) is 38.5 Å². The molecule has 3 fully saturated rings. The quantitative estimate of drug-likeness (QED) is 0.173. The van der Waals surface area contributed by atoms with Crippen molar-refractivity contribution in [3.05, 3.63) is 25.3 Å². The molecule has 3 aliphatic rings. The first-order valence-electron chi connectivity index (χ1n) is 14.4. The van der Waals surface area contributed by atoms with Gasteiger partial charge in [0.25, 0.3) is 0 Å². The van der Waals surface area contributed by atoms with E-state index in [1.807, 2.05) is 11.0 Å². The molecule has 3 heterocycles. The van der Waals surface area contributed by atoms with Crippen molar-refractivity contribution < 1.29 is 24.2 Å². The molecule has 38 heavy (non-hydrogen) atoms. The monoisotopic (exact) mass is 548 g/mol. The smallest absolute Gasteiger partial charge is 0.311 e. The van der Waals surface area contributed by atoms with E-state index in [-0.39, 0.29) is 30.3 Å². The molecule has 0 saturated carbocycles. The summed E-state index contributed by atoms with van der Waals surface area (Å²) < 4.78 is 4.59. The van der Waals surface area contributed by atoms with Gasteiger partial charge in [-0.05, 0) is 57.8 Å². The third-order valence-electron chi connectivity index (χ3n) is 8.54. The second-order valence-electron chi connectivity index (χ2n) is 11.8. The summed E-state index contributed by atoms with van der Waals surface area (Å²) >= 11 is 1.65. The number of thioether (sulfide) groups is 1. The van der Waals surface area contributed by atoms with E-state index in [9.17, 15) is 19.5 Å². The third-order valence-corrected chi connectivity index (χ3v) is 10.5. The second kappa shape index (κ2) is 13.0. The molecular formula is C30H48N2O5S. The summed E-state index contributed by atoms with van der Waals surface area (Å²) in [5.41, 5.74) is 0. The molecule has 8 heteroatoms. The summed E-state index contributed by atoms with van der Waals surface area (Å²) in [6, 6.07) is -1.19. The molecular weight excluding hydrogens is 500 g/mol. The lowest BCUT2D eigenvalue weighted by Gasteiger charge is -2.40. The zero-order valence-corrected chi connectivity index (χ0v) is 24.6. The number of carbonyl (C=O) groups is 3. The van der Waals surface area contributed by atoms with Crippen molar-refractivity contribution in [2.45, 2.75) is 101 Å². The predicted molar refractivity (Wildman–Crippen MR) is 153 cm³/mol. The molecule has 214 valence electrons. The van der Waals surface area contributed by atoms with Gasteiger partial charge < -0.3 is 19.6 Å². The van der Waals surface area contributed by atoms with Gasteiger partial charge in [0.15, 0.2) is 0 Å². The summed E-state index contributed by atoms with van der Waals surface area (Å²) in [7, 11) is 0. The summed E-state index contributed by atoms with van der Waals surface area (Å²) in [5, 5.41) is 10.4. The van der Waals surface area contributed by atoms with E-state index in [2.05, 4.69) is 40.9 Å². The van der Waals surface area contributed by atoms with E-state index in [1.165, 1.54) is 0 Å². The molecule has 3 saturated heterocycles. The number of rotatable bonds is 16. The highest BCUT2D eigenvalue weighted by Crippen LogP contribution is 2.71. The maximum absolute atomic E-state index is 14.3. The first-order valence-corrected chi connectivity index (χ1v) is 15.2. The molecule has 2 amide bonds. The number of allylic oxidation sites excluding steroid dienone is 1. The summed E-state index contributed by atoms with van der Waals surface area (Å²) in [6.07, 6.45) is 9.94. The number of unbranched alkanes of at least 4 members (excludes halogenated alkanes) is 3. The first-order chi connectivity index (χ1) is 18.1. The zero-order valence-electron chi connectivity index (χ0n) is 23.8. The minimum Gasteiger partial charge on any atom is -0.465 e. The number of amides is 2. The van der Waals surface area contributed by atoms with Crippen LogP contribution in [0.2, 0.25) is 0 Å². The van der Waals surface area contributed by atoms with Crippen molar-refractivity contribution in [3.8, 4) is 0 Å². The van der Waals surface area contributed by atoms with E-state index in [0.29, 0.717) is 32.5 Å². The highest BCUT2D eigenvalue weighted by molar-refractivity contribution is 8.02. The van der Waals surface area contributed by atoms with Crippen LogP contribution in [0.25, 0.3) is 0 Å². The second-order valence-corrected chi connectivity index (χ2v) is 13.7. The van der Waals surface area contributed by atoms with Crippen molar-refractivity contribution in [2.24, 2.45) is 17.8 Å². The van der Waals surface area contributed by atoms with Crippen LogP contribution in [0, 0.1) is 17.8 Å². The van der Waals surface area contributed by atoms with Gasteiger partial charge in [-0.1, -0.05) is 39.3 Å². The van der Waals surface area contributed by atoms with Gasteiger partial charge in [-0.3, -0.25) is 14.4 Å². The van der Waals surface area contributed by atoms with Gasteiger partial charge in [-0.2, -0.15) is 0 Å².